The molecule has 0 bridgehead atoms. The summed E-state index contributed by atoms with van der Waals surface area (Å²) in [5, 5.41) is 0. The Hall–Kier alpha value is -2.63. The van der Waals surface area contributed by atoms with Crippen LogP contribution in [0.25, 0.3) is 22.4 Å². The fraction of sp³-hybridized carbons (Fsp3) is 0.0556. The van der Waals surface area contributed by atoms with Gasteiger partial charge >= 0.3 is 7.25 Å². The number of aryl methyl sites for hydroxylation is 1. The zero-order chi connectivity index (χ0) is 17.6. The van der Waals surface area contributed by atoms with Crippen molar-refractivity contribution in [2.24, 2.45) is 0 Å². The third kappa shape index (κ3) is 5.87. The largest absolute Gasteiger partial charge is 0.673 e. The second kappa shape index (κ2) is 7.77. The van der Waals surface area contributed by atoms with Crippen molar-refractivity contribution < 1.29 is 22.2 Å². The lowest BCUT2D eigenvalue weighted by Gasteiger charge is -2.03. The zero-order valence-corrected chi connectivity index (χ0v) is 13.0. The Bertz CT molecular complexity index is 710. The van der Waals surface area contributed by atoms with Crippen LogP contribution in [0.5, 0.6) is 0 Å². The van der Waals surface area contributed by atoms with Crippen molar-refractivity contribution in [3.63, 3.8) is 0 Å². The summed E-state index contributed by atoms with van der Waals surface area (Å²) < 4.78 is 39.0. The highest BCUT2D eigenvalue weighted by atomic mass is 19.5. The number of aromatic amines is 1. The van der Waals surface area contributed by atoms with Crippen LogP contribution in [0.3, 0.4) is 0 Å². The zero-order valence-electron chi connectivity index (χ0n) is 13.0. The van der Waals surface area contributed by atoms with E-state index in [0.29, 0.717) is 0 Å². The summed E-state index contributed by atoms with van der Waals surface area (Å²) >= 11 is 0. The van der Waals surface area contributed by atoms with E-state index < -0.39 is 7.25 Å². The Labute approximate surface area is 138 Å². The normalized spacial score (nSPS) is 10.7. The van der Waals surface area contributed by atoms with Gasteiger partial charge in [-0.1, -0.05) is 48.5 Å². The van der Waals surface area contributed by atoms with Crippen molar-refractivity contribution in [1.82, 2.24) is 0 Å². The monoisotopic (exact) mass is 333 g/mol. The van der Waals surface area contributed by atoms with Crippen molar-refractivity contribution in [2.45, 2.75) is 6.92 Å². The van der Waals surface area contributed by atoms with Gasteiger partial charge in [-0.25, -0.2) is 4.98 Å². The molecule has 0 amide bonds. The summed E-state index contributed by atoms with van der Waals surface area (Å²) in [7, 11) is -6.00. The molecule has 0 radical (unpaired) electrons. The summed E-state index contributed by atoms with van der Waals surface area (Å²) in [4.78, 5) is 3.43. The van der Waals surface area contributed by atoms with Gasteiger partial charge in [-0.15, -0.1) is 0 Å². The first-order valence-electron chi connectivity index (χ1n) is 7.35. The van der Waals surface area contributed by atoms with Crippen LogP contribution in [0.1, 0.15) is 5.69 Å². The molecule has 1 aromatic heterocycles. The maximum absolute atomic E-state index is 9.75. The van der Waals surface area contributed by atoms with Crippen molar-refractivity contribution in [1.29, 1.82) is 0 Å². The van der Waals surface area contributed by atoms with E-state index in [0.717, 1.165) is 5.69 Å². The predicted octanol–water partition coefficient (Wildman–Crippen LogP) is 5.44. The average Bonchev–Trinajstić information content (AvgIpc) is 2.54. The van der Waals surface area contributed by atoms with Crippen LogP contribution in [-0.2, 0) is 0 Å². The van der Waals surface area contributed by atoms with Crippen molar-refractivity contribution in [3.8, 4) is 22.4 Å². The van der Waals surface area contributed by atoms with Gasteiger partial charge in [0.15, 0.2) is 5.69 Å². The lowest BCUT2D eigenvalue weighted by molar-refractivity contribution is -0.374. The molecule has 6 heteroatoms. The molecule has 0 saturated carbocycles. The summed E-state index contributed by atoms with van der Waals surface area (Å²) in [5.74, 6) is 0. The third-order valence-electron chi connectivity index (χ3n) is 3.20. The first kappa shape index (κ1) is 17.7. The first-order valence-corrected chi connectivity index (χ1v) is 7.35. The molecule has 0 spiro atoms. The lowest BCUT2D eigenvalue weighted by atomic mass is 10.0. The molecule has 0 aliphatic rings. The molecule has 1 heterocycles. The molecule has 0 saturated heterocycles. The number of benzene rings is 2. The quantitative estimate of drug-likeness (QED) is 0.438. The Morgan fingerprint density at radius 2 is 1.12 bits per heavy atom. The molecule has 0 atom stereocenters. The van der Waals surface area contributed by atoms with Crippen molar-refractivity contribution in [3.05, 3.63) is 78.5 Å². The molecule has 0 aliphatic heterocycles. The van der Waals surface area contributed by atoms with Gasteiger partial charge in [0.05, 0.1) is 0 Å². The molecule has 24 heavy (non-hydrogen) atoms. The van der Waals surface area contributed by atoms with Gasteiger partial charge in [0.25, 0.3) is 0 Å². The van der Waals surface area contributed by atoms with E-state index >= 15 is 0 Å². The Morgan fingerprint density at radius 1 is 0.667 bits per heavy atom. The number of hydrogen-bond acceptors (Lipinski definition) is 0. The molecule has 1 nitrogen and oxygen atoms in total. The lowest BCUT2D eigenvalue weighted by Crippen LogP contribution is -2.11. The minimum Gasteiger partial charge on any atom is -0.418 e. The highest BCUT2D eigenvalue weighted by Crippen LogP contribution is 2.23. The number of hydrogen-bond donors (Lipinski definition) is 0. The standard InChI is InChI=1S/C18H15N.BF4/c1-14-12-17(15-8-4-2-5-9-15)13-18(19-14)16-10-6-3-7-11-16;2-1(3,4)5/h2-13H,1H3;/q;-1/p+1. The second-order valence-corrected chi connectivity index (χ2v) is 5.19. The highest BCUT2D eigenvalue weighted by Gasteiger charge is 2.20. The van der Waals surface area contributed by atoms with E-state index in [2.05, 4.69) is 72.6 Å². The number of rotatable bonds is 2. The molecule has 3 aromatic rings. The molecule has 1 N–H and O–H groups in total. The molecule has 0 unspecified atom stereocenters. The fourth-order valence-corrected chi connectivity index (χ4v) is 2.29. The van der Waals surface area contributed by atoms with Gasteiger partial charge < -0.3 is 17.3 Å². The van der Waals surface area contributed by atoms with Crippen LogP contribution in [0.15, 0.2) is 72.8 Å². The maximum Gasteiger partial charge on any atom is 0.673 e. The van der Waals surface area contributed by atoms with E-state index in [-0.39, 0.29) is 0 Å². The second-order valence-electron chi connectivity index (χ2n) is 5.19. The average molecular weight is 333 g/mol. The van der Waals surface area contributed by atoms with Gasteiger partial charge in [-0.05, 0) is 23.3 Å². The van der Waals surface area contributed by atoms with Crippen molar-refractivity contribution >= 4 is 7.25 Å². The van der Waals surface area contributed by atoms with E-state index in [1.54, 1.807) is 0 Å². The Balaban J connectivity index is 0.000000368. The van der Waals surface area contributed by atoms with E-state index in [1.165, 1.54) is 22.4 Å². The Kier molecular flexibility index (Phi) is 5.74. The molecular formula is C18H16BF4N. The topological polar surface area (TPSA) is 14.1 Å². The summed E-state index contributed by atoms with van der Waals surface area (Å²) in [6, 6.07) is 25.3. The number of H-pyrrole nitrogens is 1. The predicted molar refractivity (Wildman–Crippen MR) is 88.8 cm³/mol. The van der Waals surface area contributed by atoms with Crippen LogP contribution < -0.4 is 4.98 Å². The molecule has 3 rings (SSSR count). The SMILES string of the molecule is Cc1cc(-c2ccccc2)cc(-c2ccccc2)[nH+]1.F[B-](F)(F)F. The van der Waals surface area contributed by atoms with Crippen LogP contribution >= 0.6 is 0 Å². The summed E-state index contributed by atoms with van der Waals surface area (Å²) in [6.45, 7) is 2.10. The minimum atomic E-state index is -6.00. The third-order valence-corrected chi connectivity index (χ3v) is 3.20. The number of nitrogens with one attached hydrogen (secondary N) is 1. The molecule has 124 valence electrons. The van der Waals surface area contributed by atoms with Crippen LogP contribution in [0.2, 0.25) is 0 Å². The van der Waals surface area contributed by atoms with Crippen molar-refractivity contribution in [2.75, 3.05) is 0 Å². The minimum absolute atomic E-state index is 1.15. The summed E-state index contributed by atoms with van der Waals surface area (Å²) in [6.07, 6.45) is 0. The van der Waals surface area contributed by atoms with E-state index in [9.17, 15) is 17.3 Å². The van der Waals surface area contributed by atoms with Crippen LogP contribution in [0, 0.1) is 6.92 Å². The molecule has 0 fully saturated rings. The van der Waals surface area contributed by atoms with Gasteiger partial charge in [0, 0.05) is 24.6 Å². The Morgan fingerprint density at radius 3 is 1.62 bits per heavy atom. The molecule has 0 aliphatic carbocycles. The van der Waals surface area contributed by atoms with Gasteiger partial charge in [-0.3, -0.25) is 0 Å². The molecular weight excluding hydrogens is 317 g/mol. The number of halogens is 4. The highest BCUT2D eigenvalue weighted by molar-refractivity contribution is 6.50. The maximum atomic E-state index is 9.75. The van der Waals surface area contributed by atoms with Gasteiger partial charge in [-0.2, -0.15) is 0 Å². The van der Waals surface area contributed by atoms with Gasteiger partial charge in [0.1, 0.15) is 0 Å². The van der Waals surface area contributed by atoms with E-state index in [4.69, 9.17) is 0 Å². The van der Waals surface area contributed by atoms with Crippen LogP contribution in [-0.4, -0.2) is 7.25 Å². The smallest absolute Gasteiger partial charge is 0.418 e. The molecule has 2 aromatic carbocycles. The first-order chi connectivity index (χ1) is 11.3. The fourth-order valence-electron chi connectivity index (χ4n) is 2.29. The van der Waals surface area contributed by atoms with E-state index in [1.807, 2.05) is 12.1 Å². The van der Waals surface area contributed by atoms with Gasteiger partial charge in [0.2, 0.25) is 5.69 Å². The number of pyridine rings is 1. The van der Waals surface area contributed by atoms with Crippen LogP contribution in [0.4, 0.5) is 17.3 Å². The number of aromatic nitrogens is 1. The summed E-state index contributed by atoms with van der Waals surface area (Å²) in [5.41, 5.74) is 6.02.